The van der Waals surface area contributed by atoms with Crippen molar-refractivity contribution in [2.24, 2.45) is 34.6 Å². The van der Waals surface area contributed by atoms with Crippen LogP contribution in [0.25, 0.3) is 0 Å². The third kappa shape index (κ3) is 36.1. The van der Waals surface area contributed by atoms with Crippen molar-refractivity contribution < 1.29 is 137 Å². The molecule has 0 aromatic heterocycles. The average molecular weight is 1670 g/mol. The third-order valence-electron chi connectivity index (χ3n) is 17.6. The predicted molar refractivity (Wildman–Crippen MR) is 401 cm³/mol. The van der Waals surface area contributed by atoms with Crippen LogP contribution in [0, 0.1) is 11.3 Å². The van der Waals surface area contributed by atoms with Crippen LogP contribution in [-0.2, 0) is 97.5 Å². The Kier molecular flexibility index (Phi) is 44.0. The van der Waals surface area contributed by atoms with Gasteiger partial charge >= 0.3 is 17.9 Å². The second-order valence-corrected chi connectivity index (χ2v) is 27.5. The molecule has 2 rings (SSSR count). The van der Waals surface area contributed by atoms with Gasteiger partial charge in [-0.2, -0.15) is 0 Å². The molecule has 1 saturated heterocycles. The number of hydrogen-bond donors (Lipinski definition) is 29. The minimum absolute atomic E-state index is 0.0678. The lowest BCUT2D eigenvalue weighted by Crippen LogP contribution is -2.63. The Morgan fingerprint density at radius 2 is 0.906 bits per heavy atom. The number of phenolic OH excluding ortho intramolecular Hbond substituents is 1. The van der Waals surface area contributed by atoms with Gasteiger partial charge in [-0.25, -0.2) is 4.79 Å². The van der Waals surface area contributed by atoms with E-state index in [4.69, 9.17) is 34.1 Å². The van der Waals surface area contributed by atoms with Crippen LogP contribution in [0.2, 0.25) is 0 Å². The Hall–Kier alpha value is -12.1. The van der Waals surface area contributed by atoms with Gasteiger partial charge in [0.15, 0.2) is 12.0 Å². The summed E-state index contributed by atoms with van der Waals surface area (Å²) < 4.78 is 0. The van der Waals surface area contributed by atoms with E-state index in [-0.39, 0.29) is 89.6 Å². The van der Waals surface area contributed by atoms with E-state index in [0.717, 1.165) is 18.7 Å². The fourth-order valence-electron chi connectivity index (χ4n) is 11.2. The number of aromatic hydroxyl groups is 1. The summed E-state index contributed by atoms with van der Waals surface area (Å²) in [5.41, 5.74) is 27.6. The SMILES string of the molecule is CC(C)[C@H](NC(=O)[C@H](CC(=O)O)NC(=O)[C@@H]1CCCN1C(=O)[C@H](CCC(N)=O)NC(=O)[C@H](CCCCN)NC(=O)CNC(=O)[C@H](CO)NC(=O)[C@H](CC(=O)O)NC(=O)[C@H](CO)NC(=O)[C@@H](N)CCC(N)=O)C(=O)N[C@H](C(=O)N[C@@H](CCCNC(=N)N)C(=O)N[C@@H](CO)C(=O)N[C@@H](Cc1ccc(O)cc1)C(=O)N[C@H](C(=O)O)[C@@H](C)O)[C@@H](C)O. The van der Waals surface area contributed by atoms with Crippen LogP contribution in [0.5, 0.6) is 5.75 Å². The molecule has 117 heavy (non-hydrogen) atoms. The molecule has 1 aliphatic heterocycles. The van der Waals surface area contributed by atoms with Gasteiger partial charge in [-0.15, -0.1) is 0 Å². The topological polar surface area (TPSA) is 832 Å². The van der Waals surface area contributed by atoms with Gasteiger partial charge in [0, 0.05) is 32.4 Å². The number of carbonyl (C=O) groups excluding carboxylic acids is 16. The second kappa shape index (κ2) is 51.0. The molecule has 0 saturated carbocycles. The number of primary amides is 2. The number of aliphatic hydroxyl groups excluding tert-OH is 5. The first-order chi connectivity index (χ1) is 54.9. The molecule has 16 amide bonds. The molecule has 49 nitrogen and oxygen atoms in total. The molecule has 1 aliphatic rings. The molecule has 0 spiro atoms. The molecule has 654 valence electrons. The lowest BCUT2D eigenvalue weighted by Gasteiger charge is -2.31. The maximum Gasteiger partial charge on any atom is 0.328 e. The molecule has 0 aliphatic carbocycles. The highest BCUT2D eigenvalue weighted by molar-refractivity contribution is 6.01. The largest absolute Gasteiger partial charge is 0.508 e. The summed E-state index contributed by atoms with van der Waals surface area (Å²) in [5, 5.41) is 129. The van der Waals surface area contributed by atoms with E-state index in [1.54, 1.807) is 0 Å². The summed E-state index contributed by atoms with van der Waals surface area (Å²) in [6.45, 7) is 0.0995. The summed E-state index contributed by atoms with van der Waals surface area (Å²) in [4.78, 5) is 253. The third-order valence-corrected chi connectivity index (χ3v) is 17.6. The summed E-state index contributed by atoms with van der Waals surface area (Å²) in [6.07, 6.45) is -8.27. The first-order valence-corrected chi connectivity index (χ1v) is 36.8. The molecule has 0 radical (unpaired) electrons. The number of likely N-dealkylation sites (tertiary alicyclic amines) is 1. The first kappa shape index (κ1) is 101. The quantitative estimate of drug-likeness (QED) is 0.0164. The number of nitrogens with two attached hydrogens (primary N) is 5. The molecule has 0 bridgehead atoms. The molecule has 0 unspecified atom stereocenters. The second-order valence-electron chi connectivity index (χ2n) is 27.5. The minimum atomic E-state index is -2.05. The number of carboxylic acid groups (broad SMARTS) is 3. The average Bonchev–Trinajstić information content (AvgIpc) is 1.65. The van der Waals surface area contributed by atoms with Gasteiger partial charge in [0.2, 0.25) is 94.5 Å². The highest BCUT2D eigenvalue weighted by atomic mass is 16.4. The van der Waals surface area contributed by atoms with Gasteiger partial charge < -0.3 is 154 Å². The Balaban J connectivity index is 2.38. The van der Waals surface area contributed by atoms with Crippen LogP contribution in [0.4, 0.5) is 0 Å². The minimum Gasteiger partial charge on any atom is -0.508 e. The molecule has 1 aromatic carbocycles. The lowest BCUT2D eigenvalue weighted by molar-refractivity contribution is -0.145. The zero-order valence-corrected chi connectivity index (χ0v) is 64.6. The van der Waals surface area contributed by atoms with Crippen molar-refractivity contribution in [2.45, 2.75) is 214 Å². The van der Waals surface area contributed by atoms with Crippen molar-refractivity contribution >= 4 is 118 Å². The lowest BCUT2D eigenvalue weighted by atomic mass is 10.0. The zero-order chi connectivity index (χ0) is 88.7. The van der Waals surface area contributed by atoms with Crippen molar-refractivity contribution in [1.29, 1.82) is 5.41 Å². The fourth-order valence-corrected chi connectivity index (χ4v) is 11.2. The van der Waals surface area contributed by atoms with Crippen molar-refractivity contribution in [3.63, 3.8) is 0 Å². The van der Waals surface area contributed by atoms with Gasteiger partial charge in [0.05, 0.1) is 57.5 Å². The fraction of sp³-hybridized carbons (Fsp3) is 0.618. The molecule has 1 fully saturated rings. The van der Waals surface area contributed by atoms with Gasteiger partial charge in [-0.1, -0.05) is 26.0 Å². The Morgan fingerprint density at radius 3 is 1.41 bits per heavy atom. The molecule has 49 heteroatoms. The number of carbonyl (C=O) groups is 19. The van der Waals surface area contributed by atoms with Crippen molar-refractivity contribution in [2.75, 3.05) is 46.0 Å². The zero-order valence-electron chi connectivity index (χ0n) is 64.6. The maximum atomic E-state index is 14.6. The molecule has 1 heterocycles. The monoisotopic (exact) mass is 1670 g/mol. The van der Waals surface area contributed by atoms with E-state index >= 15 is 0 Å². The van der Waals surface area contributed by atoms with Crippen LogP contribution in [-0.4, -0.2) is 312 Å². The van der Waals surface area contributed by atoms with Crippen molar-refractivity contribution in [3.05, 3.63) is 29.8 Å². The summed E-state index contributed by atoms with van der Waals surface area (Å²) in [7, 11) is 0. The van der Waals surface area contributed by atoms with E-state index in [0.29, 0.717) is 5.56 Å². The van der Waals surface area contributed by atoms with Crippen LogP contribution in [0.1, 0.15) is 117 Å². The summed E-state index contributed by atoms with van der Waals surface area (Å²) in [5.74, 6) is -25.4. The van der Waals surface area contributed by atoms with Crippen molar-refractivity contribution in [1.82, 2.24) is 79.3 Å². The van der Waals surface area contributed by atoms with E-state index in [1.165, 1.54) is 38.1 Å². The van der Waals surface area contributed by atoms with Gasteiger partial charge in [0.1, 0.15) is 78.3 Å². The highest BCUT2D eigenvalue weighted by Crippen LogP contribution is 2.22. The summed E-state index contributed by atoms with van der Waals surface area (Å²) >= 11 is 0. The number of rotatable bonds is 54. The number of nitrogens with one attached hydrogen (secondary N) is 15. The van der Waals surface area contributed by atoms with E-state index < -0.39 is 273 Å². The van der Waals surface area contributed by atoms with E-state index in [9.17, 15) is 137 Å². The van der Waals surface area contributed by atoms with Crippen LogP contribution in [0.3, 0.4) is 0 Å². The van der Waals surface area contributed by atoms with Crippen LogP contribution >= 0.6 is 0 Å². The Labute approximate surface area is 668 Å². The maximum absolute atomic E-state index is 14.6. The number of hydrogen-bond acceptors (Lipinski definition) is 28. The molecule has 1 aromatic rings. The van der Waals surface area contributed by atoms with Crippen LogP contribution < -0.4 is 103 Å². The van der Waals surface area contributed by atoms with Crippen LogP contribution in [0.15, 0.2) is 24.3 Å². The van der Waals surface area contributed by atoms with Crippen molar-refractivity contribution in [3.8, 4) is 5.75 Å². The smallest absolute Gasteiger partial charge is 0.328 e. The molecule has 16 atom stereocenters. The van der Waals surface area contributed by atoms with Gasteiger partial charge in [-0.05, 0) is 102 Å². The number of phenols is 1. The standard InChI is InChI=1S/C68H109N21O28/c1-30(2)51(64(113)87-52(31(3)93)65(114)78-37(10-7-21-75-68(73)74)57(106)85-44(29-92)62(111)80-39(23-33-12-14-34(95)15-13-33)59(108)88-53(32(4)94)67(116)117)86-60(109)41(25-50(101)102)82-63(112)45-11-8-22-89(45)66(115)38(17-19-47(72)97)79-56(105)36(9-5-6-20-69)77-48(98)26-76-55(104)42(27-90)84-58(107)40(24-49(99)100)81-61(110)43(28-91)83-54(103)35(70)16-18-46(71)96/h12-15,30-32,35-45,51-53,90-95H,5-11,16-29,69-70H2,1-4H3,(H2,71,96)(H2,72,97)(H,76,104)(H,77,98)(H,78,114)(H,79,105)(H,80,111)(H,81,110)(H,82,112)(H,83,103)(H,84,107)(H,85,106)(H,86,109)(H,87,113)(H,88,108)(H,99,100)(H,101,102)(H,116,117)(H4,73,74,75)/t31-,32-,35+,36+,37+,38+,39+,40+,41+,42+,43+,44+,45+,51+,52+,53+/m1/s1. The Bertz CT molecular complexity index is 3670. The number of nitrogens with zero attached hydrogens (tertiary/aromatic N) is 1. The van der Waals surface area contributed by atoms with Gasteiger partial charge in [-0.3, -0.25) is 91.7 Å². The predicted octanol–water partition coefficient (Wildman–Crippen LogP) is -13.5. The summed E-state index contributed by atoms with van der Waals surface area (Å²) in [6, 6.07) is -19.9. The molecule has 34 N–H and O–H groups in total. The molecular weight excluding hydrogens is 1560 g/mol. The molecular formula is C68H109N21O28. The number of benzene rings is 1. The number of aliphatic hydroxyl groups is 5. The number of unbranched alkanes of at least 4 members (excludes halogenated alkanes) is 1. The number of amides is 16. The Morgan fingerprint density at radius 1 is 0.479 bits per heavy atom. The highest BCUT2D eigenvalue weighted by Gasteiger charge is 2.43. The number of aliphatic carboxylic acids is 3. The number of carboxylic acids is 3. The van der Waals surface area contributed by atoms with E-state index in [2.05, 4.69) is 63.8 Å². The first-order valence-electron chi connectivity index (χ1n) is 36.8. The van der Waals surface area contributed by atoms with Gasteiger partial charge in [0.25, 0.3) is 0 Å². The number of guanidine groups is 1. The normalized spacial score (nSPS) is 16.2. The van der Waals surface area contributed by atoms with E-state index in [1.807, 2.05) is 10.6 Å².